The molecule has 2 aromatic carbocycles. The van der Waals surface area contributed by atoms with Crippen LogP contribution >= 0.6 is 0 Å². The van der Waals surface area contributed by atoms with Crippen LogP contribution in [0.3, 0.4) is 0 Å². The summed E-state index contributed by atoms with van der Waals surface area (Å²) in [5, 5.41) is 11.1. The van der Waals surface area contributed by atoms with Crippen LogP contribution in [0.15, 0.2) is 60.7 Å². The van der Waals surface area contributed by atoms with Crippen molar-refractivity contribution in [3.05, 3.63) is 77.5 Å². The lowest BCUT2D eigenvalue weighted by Crippen LogP contribution is -2.35. The summed E-state index contributed by atoms with van der Waals surface area (Å²) in [6, 6.07) is 20.7. The normalized spacial score (nSPS) is 17.8. The third-order valence-electron chi connectivity index (χ3n) is 7.69. The number of carbonyl (C=O) groups excluding carboxylic acids is 2. The zero-order chi connectivity index (χ0) is 25.2. The Bertz CT molecular complexity index is 1240. The van der Waals surface area contributed by atoms with Gasteiger partial charge in [0, 0.05) is 36.2 Å². The van der Waals surface area contributed by atoms with Gasteiger partial charge in [0.15, 0.2) is 0 Å². The first-order valence-electron chi connectivity index (χ1n) is 13.7. The number of amides is 2. The molecule has 0 atom stereocenters. The predicted molar refractivity (Wildman–Crippen MR) is 144 cm³/mol. The van der Waals surface area contributed by atoms with Crippen molar-refractivity contribution in [2.75, 3.05) is 11.9 Å². The van der Waals surface area contributed by atoms with E-state index in [1.807, 2.05) is 59.3 Å². The summed E-state index contributed by atoms with van der Waals surface area (Å²) in [5.74, 6) is 1.18. The number of aromatic nitrogens is 2. The van der Waals surface area contributed by atoms with Crippen molar-refractivity contribution in [1.29, 1.82) is 0 Å². The molecule has 192 valence electrons. The van der Waals surface area contributed by atoms with Crippen LogP contribution in [0.5, 0.6) is 0 Å². The molecule has 3 aliphatic rings. The lowest BCUT2D eigenvalue weighted by Gasteiger charge is -2.21. The monoisotopic (exact) mass is 497 g/mol. The molecular formula is C30H35N5O2. The Kier molecular flexibility index (Phi) is 6.79. The second-order valence-electron chi connectivity index (χ2n) is 10.8. The molecule has 0 aliphatic heterocycles. The maximum Gasteiger partial charge on any atom is 0.251 e. The van der Waals surface area contributed by atoms with E-state index in [1.165, 1.54) is 12.8 Å². The predicted octanol–water partition coefficient (Wildman–Crippen LogP) is 5.03. The first-order chi connectivity index (χ1) is 18.1. The molecule has 6 rings (SSSR count). The summed E-state index contributed by atoms with van der Waals surface area (Å²) in [4.78, 5) is 27.8. The molecule has 1 aromatic heterocycles. The average Bonchev–Trinajstić information content (AvgIpc) is 3.83. The van der Waals surface area contributed by atoms with Gasteiger partial charge in [-0.2, -0.15) is 5.10 Å². The molecule has 37 heavy (non-hydrogen) atoms. The number of benzene rings is 2. The topological polar surface area (TPSA) is 79.3 Å². The molecule has 3 fully saturated rings. The maximum absolute atomic E-state index is 13.3. The van der Waals surface area contributed by atoms with Gasteiger partial charge in [0.05, 0.1) is 17.9 Å². The minimum absolute atomic E-state index is 0.000484. The van der Waals surface area contributed by atoms with Gasteiger partial charge in [-0.1, -0.05) is 43.2 Å². The van der Waals surface area contributed by atoms with Crippen LogP contribution in [-0.4, -0.2) is 45.1 Å². The number of nitrogens with one attached hydrogen (secondary N) is 2. The molecule has 2 N–H and O–H groups in total. The minimum atomic E-state index is -0.0256. The average molecular weight is 498 g/mol. The van der Waals surface area contributed by atoms with Crippen LogP contribution in [0.25, 0.3) is 5.69 Å². The van der Waals surface area contributed by atoms with Crippen LogP contribution in [0.4, 0.5) is 5.82 Å². The molecule has 0 bridgehead atoms. The Labute approximate surface area is 218 Å². The molecular weight excluding hydrogens is 462 g/mol. The Morgan fingerprint density at radius 3 is 2.32 bits per heavy atom. The SMILES string of the molecule is O=C(CN(Cc1ccc(C(=O)NC2CC2)cc1)C1CC1)Nc1cc(C2CCCC2)nn1-c1ccccc1. The first kappa shape index (κ1) is 23.9. The second kappa shape index (κ2) is 10.5. The fraction of sp³-hybridized carbons (Fsp3) is 0.433. The van der Waals surface area contributed by atoms with Crippen molar-refractivity contribution in [3.8, 4) is 5.69 Å². The number of para-hydroxylation sites is 1. The van der Waals surface area contributed by atoms with Crippen molar-refractivity contribution in [1.82, 2.24) is 20.0 Å². The third kappa shape index (κ3) is 5.93. The quantitative estimate of drug-likeness (QED) is 0.412. The van der Waals surface area contributed by atoms with E-state index in [-0.39, 0.29) is 11.8 Å². The summed E-state index contributed by atoms with van der Waals surface area (Å²) in [6.45, 7) is 1.02. The fourth-order valence-electron chi connectivity index (χ4n) is 5.29. The number of carbonyl (C=O) groups is 2. The molecule has 0 radical (unpaired) electrons. The highest BCUT2D eigenvalue weighted by atomic mass is 16.2. The van der Waals surface area contributed by atoms with E-state index in [4.69, 9.17) is 5.10 Å². The third-order valence-corrected chi connectivity index (χ3v) is 7.69. The maximum atomic E-state index is 13.3. The lowest BCUT2D eigenvalue weighted by atomic mass is 10.0. The van der Waals surface area contributed by atoms with Gasteiger partial charge in [0.1, 0.15) is 5.82 Å². The van der Waals surface area contributed by atoms with Crippen molar-refractivity contribution < 1.29 is 9.59 Å². The van der Waals surface area contributed by atoms with Crippen LogP contribution in [0, 0.1) is 0 Å². The molecule has 1 heterocycles. The highest BCUT2D eigenvalue weighted by molar-refractivity contribution is 5.94. The summed E-state index contributed by atoms with van der Waals surface area (Å²) < 4.78 is 1.87. The van der Waals surface area contributed by atoms with Gasteiger partial charge in [-0.25, -0.2) is 4.68 Å². The Morgan fingerprint density at radius 2 is 1.65 bits per heavy atom. The van der Waals surface area contributed by atoms with Crippen LogP contribution < -0.4 is 10.6 Å². The summed E-state index contributed by atoms with van der Waals surface area (Å²) in [7, 11) is 0. The lowest BCUT2D eigenvalue weighted by molar-refractivity contribution is -0.117. The number of rotatable bonds is 10. The largest absolute Gasteiger partial charge is 0.349 e. The van der Waals surface area contributed by atoms with E-state index in [0.717, 1.165) is 61.3 Å². The molecule has 7 nitrogen and oxygen atoms in total. The molecule has 3 aromatic rings. The van der Waals surface area contributed by atoms with E-state index in [0.29, 0.717) is 36.7 Å². The van der Waals surface area contributed by atoms with Crippen molar-refractivity contribution in [3.63, 3.8) is 0 Å². The number of anilines is 1. The van der Waals surface area contributed by atoms with E-state index in [9.17, 15) is 9.59 Å². The Balaban J connectivity index is 1.13. The summed E-state index contributed by atoms with van der Waals surface area (Å²) >= 11 is 0. The highest BCUT2D eigenvalue weighted by Gasteiger charge is 2.31. The first-order valence-corrected chi connectivity index (χ1v) is 13.7. The van der Waals surface area contributed by atoms with Crippen LogP contribution in [0.2, 0.25) is 0 Å². The van der Waals surface area contributed by atoms with Crippen LogP contribution in [-0.2, 0) is 11.3 Å². The van der Waals surface area contributed by atoms with E-state index >= 15 is 0 Å². The Morgan fingerprint density at radius 1 is 0.919 bits per heavy atom. The Hall–Kier alpha value is -3.45. The number of hydrogen-bond donors (Lipinski definition) is 2. The van der Waals surface area contributed by atoms with Crippen molar-refractivity contribution >= 4 is 17.6 Å². The van der Waals surface area contributed by atoms with Gasteiger partial charge in [0.25, 0.3) is 5.91 Å². The van der Waals surface area contributed by atoms with E-state index < -0.39 is 0 Å². The van der Waals surface area contributed by atoms with Gasteiger partial charge >= 0.3 is 0 Å². The minimum Gasteiger partial charge on any atom is -0.349 e. The molecule has 0 spiro atoms. The van der Waals surface area contributed by atoms with Gasteiger partial charge in [-0.05, 0) is 68.4 Å². The molecule has 0 saturated heterocycles. The highest BCUT2D eigenvalue weighted by Crippen LogP contribution is 2.35. The molecule has 7 heteroatoms. The van der Waals surface area contributed by atoms with Crippen molar-refractivity contribution in [2.24, 2.45) is 0 Å². The fourth-order valence-corrected chi connectivity index (χ4v) is 5.29. The number of hydrogen-bond acceptors (Lipinski definition) is 4. The molecule has 2 amide bonds. The van der Waals surface area contributed by atoms with E-state index in [1.54, 1.807) is 0 Å². The van der Waals surface area contributed by atoms with Gasteiger partial charge in [-0.15, -0.1) is 0 Å². The van der Waals surface area contributed by atoms with Gasteiger partial charge < -0.3 is 10.6 Å². The van der Waals surface area contributed by atoms with E-state index in [2.05, 4.69) is 21.6 Å². The second-order valence-corrected chi connectivity index (χ2v) is 10.8. The smallest absolute Gasteiger partial charge is 0.251 e. The molecule has 3 aliphatic carbocycles. The number of nitrogens with zero attached hydrogens (tertiary/aromatic N) is 3. The summed E-state index contributed by atoms with van der Waals surface area (Å²) in [6.07, 6.45) is 9.20. The molecule has 0 unspecified atom stereocenters. The van der Waals surface area contributed by atoms with Gasteiger partial charge in [-0.3, -0.25) is 14.5 Å². The standard InChI is InChI=1S/C30H35N5O2/c36-29(32-28-18-27(22-6-4-5-7-22)33-35(28)26-8-2-1-3-9-26)20-34(25-16-17-25)19-21-10-12-23(13-11-21)30(37)31-24-14-15-24/h1-3,8-13,18,22,24-25H,4-7,14-17,19-20H2,(H,31,37)(H,32,36). The van der Waals surface area contributed by atoms with Crippen LogP contribution in [0.1, 0.15) is 78.9 Å². The summed E-state index contributed by atoms with van der Waals surface area (Å²) in [5.41, 5.74) is 3.83. The zero-order valence-electron chi connectivity index (χ0n) is 21.2. The van der Waals surface area contributed by atoms with Gasteiger partial charge in [0.2, 0.25) is 5.91 Å². The van der Waals surface area contributed by atoms with Crippen molar-refractivity contribution in [2.45, 2.75) is 75.9 Å². The zero-order valence-corrected chi connectivity index (χ0v) is 21.2. The molecule has 3 saturated carbocycles.